The van der Waals surface area contributed by atoms with E-state index in [1.165, 1.54) is 0 Å². The fraction of sp³-hybridized carbons (Fsp3) is 0.214. The molecule has 5 rings (SSSR count). The van der Waals surface area contributed by atoms with Crippen LogP contribution < -0.4 is 10.6 Å². The Balaban J connectivity index is 1.39. The maximum absolute atomic E-state index is 12.8. The largest absolute Gasteiger partial charge is 0.352 e. The number of hydrogen-bond donors (Lipinski definition) is 2. The highest BCUT2D eigenvalue weighted by atomic mass is 32.1. The second kappa shape index (κ2) is 10.7. The number of benzene rings is 1. The molecule has 1 aliphatic rings. The molecule has 0 aliphatic carbocycles. The van der Waals surface area contributed by atoms with Crippen molar-refractivity contribution in [3.05, 3.63) is 114 Å². The summed E-state index contributed by atoms with van der Waals surface area (Å²) in [5.41, 5.74) is 5.06. The Hall–Kier alpha value is -4.04. The monoisotopic (exact) mass is 496 g/mol. The van der Waals surface area contributed by atoms with Crippen molar-refractivity contribution < 1.29 is 4.79 Å². The third-order valence-corrected chi connectivity index (χ3v) is 6.71. The van der Waals surface area contributed by atoms with E-state index in [2.05, 4.69) is 48.4 Å². The molecule has 0 bridgehead atoms. The van der Waals surface area contributed by atoms with Crippen molar-refractivity contribution >= 4 is 28.9 Å². The molecule has 0 unspecified atom stereocenters. The Bertz CT molecular complexity index is 1320. The van der Waals surface area contributed by atoms with Crippen molar-refractivity contribution in [1.29, 1.82) is 0 Å². The molecule has 2 atom stereocenters. The summed E-state index contributed by atoms with van der Waals surface area (Å²) < 4.78 is 2.21. The number of rotatable bonds is 8. The lowest BCUT2D eigenvalue weighted by Crippen LogP contribution is -2.33. The number of anilines is 1. The predicted octanol–water partition coefficient (Wildman–Crippen LogP) is 4.64. The Labute approximate surface area is 216 Å². The smallest absolute Gasteiger partial charge is 0.226 e. The van der Waals surface area contributed by atoms with Crippen LogP contribution in [0.15, 0.2) is 91.5 Å². The zero-order valence-corrected chi connectivity index (χ0v) is 20.9. The van der Waals surface area contributed by atoms with Gasteiger partial charge in [-0.2, -0.15) is 0 Å². The standard InChI is InChI=1S/C28H28N6OS/c1-20-9-11-22(12-10-20)31-25(35)13-17-34-27(26(32-28(34)36)23-7-2-3-15-30-23)24-8-5-16-33(24)19-21-6-4-14-29-18-21/h2-12,14-16,18,26-27H,13,17,19H2,1H3,(H,31,35)(H,32,36)/t26-,27-/m1/s1. The van der Waals surface area contributed by atoms with Crippen LogP contribution in [0.5, 0.6) is 0 Å². The van der Waals surface area contributed by atoms with Crippen LogP contribution in [0.4, 0.5) is 5.69 Å². The van der Waals surface area contributed by atoms with Gasteiger partial charge in [0.05, 0.1) is 17.8 Å². The molecule has 8 heteroatoms. The highest BCUT2D eigenvalue weighted by molar-refractivity contribution is 7.80. The minimum absolute atomic E-state index is 0.0487. The molecule has 1 aliphatic heterocycles. The summed E-state index contributed by atoms with van der Waals surface area (Å²) in [5.74, 6) is -0.0487. The van der Waals surface area contributed by atoms with Crippen LogP contribution in [0.2, 0.25) is 0 Å². The highest BCUT2D eigenvalue weighted by Crippen LogP contribution is 2.39. The lowest BCUT2D eigenvalue weighted by atomic mass is 10.0. The molecule has 4 aromatic rings. The average Bonchev–Trinajstić information content (AvgIpc) is 3.48. The fourth-order valence-corrected chi connectivity index (χ4v) is 4.91. The number of nitrogens with zero attached hydrogens (tertiary/aromatic N) is 4. The van der Waals surface area contributed by atoms with E-state index < -0.39 is 0 Å². The first-order valence-corrected chi connectivity index (χ1v) is 12.4. The second-order valence-corrected chi connectivity index (χ2v) is 9.29. The summed E-state index contributed by atoms with van der Waals surface area (Å²) >= 11 is 5.77. The van der Waals surface area contributed by atoms with Gasteiger partial charge in [-0.25, -0.2) is 0 Å². The van der Waals surface area contributed by atoms with Gasteiger partial charge in [-0.15, -0.1) is 0 Å². The second-order valence-electron chi connectivity index (χ2n) is 8.91. The topological polar surface area (TPSA) is 75.1 Å². The fourth-order valence-electron chi connectivity index (χ4n) is 4.58. The number of hydrogen-bond acceptors (Lipinski definition) is 4. The van der Waals surface area contributed by atoms with Gasteiger partial charge in [0, 0.05) is 55.7 Å². The van der Waals surface area contributed by atoms with Crippen molar-refractivity contribution in [1.82, 2.24) is 24.8 Å². The number of nitrogens with one attached hydrogen (secondary N) is 2. The molecule has 3 aromatic heterocycles. The summed E-state index contributed by atoms with van der Waals surface area (Å²) in [5, 5.41) is 7.08. The summed E-state index contributed by atoms with van der Waals surface area (Å²) in [6.07, 6.45) is 7.83. The van der Waals surface area contributed by atoms with E-state index in [4.69, 9.17) is 12.2 Å². The van der Waals surface area contributed by atoms with Crippen molar-refractivity contribution in [2.45, 2.75) is 32.0 Å². The van der Waals surface area contributed by atoms with Gasteiger partial charge in [-0.3, -0.25) is 14.8 Å². The van der Waals surface area contributed by atoms with Gasteiger partial charge in [-0.1, -0.05) is 29.8 Å². The molecule has 1 amide bonds. The third kappa shape index (κ3) is 5.28. The van der Waals surface area contributed by atoms with E-state index >= 15 is 0 Å². The Morgan fingerprint density at radius 2 is 1.92 bits per heavy atom. The number of aryl methyl sites for hydroxylation is 1. The Kier molecular flexibility index (Phi) is 7.04. The zero-order valence-electron chi connectivity index (χ0n) is 20.0. The molecular formula is C28H28N6OS. The van der Waals surface area contributed by atoms with Crippen molar-refractivity contribution in [3.8, 4) is 0 Å². The number of pyridine rings is 2. The maximum atomic E-state index is 12.8. The highest BCUT2D eigenvalue weighted by Gasteiger charge is 2.41. The Morgan fingerprint density at radius 1 is 1.06 bits per heavy atom. The SMILES string of the molecule is Cc1ccc(NC(=O)CCN2C(=S)N[C@H](c3ccccn3)[C@H]2c2cccn2Cc2cccnc2)cc1. The molecule has 0 spiro atoms. The average molecular weight is 497 g/mol. The van der Waals surface area contributed by atoms with Gasteiger partial charge in [0.25, 0.3) is 0 Å². The molecule has 0 saturated carbocycles. The van der Waals surface area contributed by atoms with E-state index in [0.29, 0.717) is 24.6 Å². The minimum atomic E-state index is -0.138. The molecule has 7 nitrogen and oxygen atoms in total. The number of carbonyl (C=O) groups excluding carboxylic acids is 1. The van der Waals surface area contributed by atoms with Crippen LogP contribution in [0.1, 0.15) is 41.0 Å². The summed E-state index contributed by atoms with van der Waals surface area (Å²) in [4.78, 5) is 23.8. The van der Waals surface area contributed by atoms with Crippen molar-refractivity contribution in [2.24, 2.45) is 0 Å². The van der Waals surface area contributed by atoms with Crippen LogP contribution in [-0.4, -0.2) is 37.0 Å². The van der Waals surface area contributed by atoms with E-state index in [0.717, 1.165) is 28.2 Å². The van der Waals surface area contributed by atoms with E-state index in [1.54, 1.807) is 12.4 Å². The normalized spacial score (nSPS) is 17.1. The van der Waals surface area contributed by atoms with Crippen LogP contribution in [0.25, 0.3) is 0 Å². The van der Waals surface area contributed by atoms with Gasteiger partial charge in [0.2, 0.25) is 5.91 Å². The van der Waals surface area contributed by atoms with E-state index in [1.807, 2.05) is 67.7 Å². The first-order valence-electron chi connectivity index (χ1n) is 12.0. The molecule has 182 valence electrons. The van der Waals surface area contributed by atoms with E-state index in [9.17, 15) is 4.79 Å². The summed E-state index contributed by atoms with van der Waals surface area (Å²) in [6, 6.07) is 21.6. The molecule has 36 heavy (non-hydrogen) atoms. The molecule has 0 radical (unpaired) electrons. The maximum Gasteiger partial charge on any atom is 0.226 e. The number of aromatic nitrogens is 3. The molecular weight excluding hydrogens is 468 g/mol. The molecule has 1 saturated heterocycles. The van der Waals surface area contributed by atoms with Gasteiger partial charge in [0.1, 0.15) is 0 Å². The summed E-state index contributed by atoms with van der Waals surface area (Å²) in [6.45, 7) is 3.20. The van der Waals surface area contributed by atoms with Crippen LogP contribution >= 0.6 is 12.2 Å². The molecule has 1 aromatic carbocycles. The predicted molar refractivity (Wildman–Crippen MR) is 144 cm³/mol. The van der Waals surface area contributed by atoms with Gasteiger partial charge < -0.3 is 20.1 Å². The van der Waals surface area contributed by atoms with Crippen LogP contribution in [0.3, 0.4) is 0 Å². The van der Waals surface area contributed by atoms with Crippen LogP contribution in [-0.2, 0) is 11.3 Å². The third-order valence-electron chi connectivity index (χ3n) is 6.36. The molecule has 2 N–H and O–H groups in total. The van der Waals surface area contributed by atoms with Crippen LogP contribution in [0, 0.1) is 6.92 Å². The lowest BCUT2D eigenvalue weighted by Gasteiger charge is -2.29. The lowest BCUT2D eigenvalue weighted by molar-refractivity contribution is -0.116. The molecule has 4 heterocycles. The van der Waals surface area contributed by atoms with Crippen molar-refractivity contribution in [2.75, 3.05) is 11.9 Å². The van der Waals surface area contributed by atoms with Gasteiger partial charge in [-0.05, 0) is 67.2 Å². The van der Waals surface area contributed by atoms with Crippen molar-refractivity contribution in [3.63, 3.8) is 0 Å². The minimum Gasteiger partial charge on any atom is -0.352 e. The number of amides is 1. The van der Waals surface area contributed by atoms with E-state index in [-0.39, 0.29) is 18.0 Å². The summed E-state index contributed by atoms with van der Waals surface area (Å²) in [7, 11) is 0. The van der Waals surface area contributed by atoms with Gasteiger partial charge >= 0.3 is 0 Å². The molecule has 1 fully saturated rings. The van der Waals surface area contributed by atoms with Gasteiger partial charge in [0.15, 0.2) is 5.11 Å². The Morgan fingerprint density at radius 3 is 2.67 bits per heavy atom. The first kappa shape index (κ1) is 23.7. The first-order chi connectivity index (χ1) is 17.6. The number of thiocarbonyl (C=S) groups is 1. The zero-order chi connectivity index (χ0) is 24.9. The quantitative estimate of drug-likeness (QED) is 0.346. The number of carbonyl (C=O) groups is 1.